The van der Waals surface area contributed by atoms with Crippen LogP contribution in [0, 0.1) is 0 Å². The molecule has 0 fully saturated rings. The van der Waals surface area contributed by atoms with Gasteiger partial charge in [0.25, 0.3) is 0 Å². The van der Waals surface area contributed by atoms with Gasteiger partial charge in [-0.25, -0.2) is 0 Å². The van der Waals surface area contributed by atoms with Gasteiger partial charge in [0.2, 0.25) is 5.91 Å². The van der Waals surface area contributed by atoms with E-state index in [2.05, 4.69) is 35.2 Å². The Kier molecular flexibility index (Phi) is 5.19. The van der Waals surface area contributed by atoms with Gasteiger partial charge in [-0.05, 0) is 40.6 Å². The second-order valence-electron chi connectivity index (χ2n) is 5.97. The molecule has 3 aromatic rings. The number of nitrogens with zero attached hydrogens (tertiary/aromatic N) is 1. The summed E-state index contributed by atoms with van der Waals surface area (Å²) in [5.41, 5.74) is 7.62. The van der Waals surface area contributed by atoms with Gasteiger partial charge in [-0.3, -0.25) is 4.79 Å². The third kappa shape index (κ3) is 4.10. The number of ether oxygens (including phenoxy) is 1. The van der Waals surface area contributed by atoms with Crippen LogP contribution >= 0.6 is 0 Å². The van der Waals surface area contributed by atoms with Crippen molar-refractivity contribution >= 4 is 22.4 Å². The number of hydrogen-bond acceptors (Lipinski definition) is 3. The lowest BCUT2D eigenvalue weighted by atomic mass is 10.0. The van der Waals surface area contributed by atoms with Gasteiger partial charge >= 0.3 is 0 Å². The fraction of sp³-hybridized carbons (Fsp3) is 0.190. The van der Waals surface area contributed by atoms with E-state index in [4.69, 9.17) is 10.5 Å². The number of carbonyl (C=O) groups is 1. The zero-order valence-electron chi connectivity index (χ0n) is 14.3. The Bertz CT molecular complexity index is 854. The quantitative estimate of drug-likeness (QED) is 0.716. The maximum absolute atomic E-state index is 11.3. The van der Waals surface area contributed by atoms with Gasteiger partial charge in [0.1, 0.15) is 5.75 Å². The molecule has 0 aliphatic heterocycles. The summed E-state index contributed by atoms with van der Waals surface area (Å²) < 4.78 is 5.23. The number of carbonyl (C=O) groups excluding carboxylic acids is 1. The number of fused-ring (bicyclic) bond motifs is 1. The minimum atomic E-state index is -0.295. The molecule has 0 saturated heterocycles. The highest BCUT2D eigenvalue weighted by Crippen LogP contribution is 2.25. The van der Waals surface area contributed by atoms with Crippen LogP contribution in [0.15, 0.2) is 66.7 Å². The second-order valence-corrected chi connectivity index (χ2v) is 5.97. The maximum atomic E-state index is 11.3. The number of amides is 1. The molecule has 0 aliphatic carbocycles. The molecular weight excluding hydrogens is 312 g/mol. The monoisotopic (exact) mass is 334 g/mol. The summed E-state index contributed by atoms with van der Waals surface area (Å²) in [6.45, 7) is 1.28. The normalized spacial score (nSPS) is 10.6. The Balaban J connectivity index is 1.91. The van der Waals surface area contributed by atoms with E-state index in [1.165, 1.54) is 16.3 Å². The van der Waals surface area contributed by atoms with Crippen LogP contribution in [0.5, 0.6) is 5.75 Å². The lowest BCUT2D eigenvalue weighted by molar-refractivity contribution is -0.117. The Hall–Kier alpha value is -3.01. The van der Waals surface area contributed by atoms with Crippen molar-refractivity contribution in [3.8, 4) is 5.75 Å². The molecule has 128 valence electrons. The van der Waals surface area contributed by atoms with Crippen LogP contribution in [-0.4, -0.2) is 19.6 Å². The molecule has 3 aromatic carbocycles. The summed E-state index contributed by atoms with van der Waals surface area (Å²) >= 11 is 0. The first-order valence-electron chi connectivity index (χ1n) is 8.31. The predicted molar refractivity (Wildman–Crippen MR) is 102 cm³/mol. The first kappa shape index (κ1) is 16.8. The van der Waals surface area contributed by atoms with Crippen molar-refractivity contribution in [2.24, 2.45) is 5.73 Å². The summed E-state index contributed by atoms with van der Waals surface area (Å²) in [5.74, 6) is 0.514. The summed E-state index contributed by atoms with van der Waals surface area (Å²) in [7, 11) is 1.65. The second kappa shape index (κ2) is 7.71. The number of hydrogen-bond donors (Lipinski definition) is 1. The molecule has 0 spiro atoms. The van der Waals surface area contributed by atoms with Crippen molar-refractivity contribution < 1.29 is 9.53 Å². The standard InChI is InChI=1S/C21H22N2O2/c1-25-19-11-9-18(10-12-19)23(14-13-21(22)24)15-17-7-4-6-16-5-2-3-8-20(16)17/h2-12H,13-15H2,1H3,(H2,22,24). The summed E-state index contributed by atoms with van der Waals surface area (Å²) in [6.07, 6.45) is 0.316. The fourth-order valence-electron chi connectivity index (χ4n) is 2.97. The Morgan fingerprint density at radius 3 is 2.44 bits per heavy atom. The van der Waals surface area contributed by atoms with Crippen molar-refractivity contribution in [3.63, 3.8) is 0 Å². The zero-order chi connectivity index (χ0) is 17.6. The van der Waals surface area contributed by atoms with Crippen molar-refractivity contribution in [3.05, 3.63) is 72.3 Å². The van der Waals surface area contributed by atoms with Gasteiger partial charge in [-0.15, -0.1) is 0 Å². The third-order valence-electron chi connectivity index (χ3n) is 4.31. The molecule has 25 heavy (non-hydrogen) atoms. The molecule has 0 saturated carbocycles. The van der Waals surface area contributed by atoms with E-state index in [0.29, 0.717) is 19.5 Å². The highest BCUT2D eigenvalue weighted by molar-refractivity contribution is 5.86. The van der Waals surface area contributed by atoms with E-state index in [1.807, 2.05) is 36.4 Å². The van der Waals surface area contributed by atoms with Crippen molar-refractivity contribution in [1.82, 2.24) is 0 Å². The Labute approximate surface area is 147 Å². The highest BCUT2D eigenvalue weighted by atomic mass is 16.5. The van der Waals surface area contributed by atoms with Gasteiger partial charge < -0.3 is 15.4 Å². The van der Waals surface area contributed by atoms with Crippen LogP contribution in [-0.2, 0) is 11.3 Å². The van der Waals surface area contributed by atoms with Gasteiger partial charge in [0.15, 0.2) is 0 Å². The van der Waals surface area contributed by atoms with Gasteiger partial charge in [-0.2, -0.15) is 0 Å². The van der Waals surface area contributed by atoms with Crippen molar-refractivity contribution in [1.29, 1.82) is 0 Å². The van der Waals surface area contributed by atoms with Crippen LogP contribution < -0.4 is 15.4 Å². The fourth-order valence-corrected chi connectivity index (χ4v) is 2.97. The number of nitrogens with two attached hydrogens (primary N) is 1. The summed E-state index contributed by atoms with van der Waals surface area (Å²) in [4.78, 5) is 13.4. The number of benzene rings is 3. The number of methoxy groups -OCH3 is 1. The first-order valence-corrected chi connectivity index (χ1v) is 8.31. The van der Waals surface area contributed by atoms with E-state index >= 15 is 0 Å². The van der Waals surface area contributed by atoms with Crippen LogP contribution in [0.25, 0.3) is 10.8 Å². The molecule has 0 heterocycles. The van der Waals surface area contributed by atoms with E-state index in [9.17, 15) is 4.79 Å². The lowest BCUT2D eigenvalue weighted by Gasteiger charge is -2.25. The number of rotatable bonds is 7. The Morgan fingerprint density at radius 2 is 1.72 bits per heavy atom. The topological polar surface area (TPSA) is 55.6 Å². The molecule has 0 aromatic heterocycles. The zero-order valence-corrected chi connectivity index (χ0v) is 14.3. The molecular formula is C21H22N2O2. The first-order chi connectivity index (χ1) is 12.2. The van der Waals surface area contributed by atoms with Gasteiger partial charge in [0.05, 0.1) is 7.11 Å². The van der Waals surface area contributed by atoms with Gasteiger partial charge in [-0.1, -0.05) is 42.5 Å². The van der Waals surface area contributed by atoms with E-state index in [1.54, 1.807) is 7.11 Å². The van der Waals surface area contributed by atoms with Gasteiger partial charge in [0, 0.05) is 25.2 Å². The molecule has 1 amide bonds. The molecule has 0 unspecified atom stereocenters. The highest BCUT2D eigenvalue weighted by Gasteiger charge is 2.11. The number of primary amides is 1. The molecule has 4 heteroatoms. The molecule has 0 aliphatic rings. The molecule has 0 atom stereocenters. The van der Waals surface area contributed by atoms with Crippen molar-refractivity contribution in [2.75, 3.05) is 18.6 Å². The minimum Gasteiger partial charge on any atom is -0.497 e. The van der Waals surface area contributed by atoms with E-state index < -0.39 is 0 Å². The predicted octanol–water partition coefficient (Wildman–Crippen LogP) is 3.73. The molecule has 2 N–H and O–H groups in total. The largest absolute Gasteiger partial charge is 0.497 e. The summed E-state index contributed by atoms with van der Waals surface area (Å²) in [6, 6.07) is 22.5. The SMILES string of the molecule is COc1ccc(N(CCC(N)=O)Cc2cccc3ccccc23)cc1. The van der Waals surface area contributed by atoms with Crippen LogP contribution in [0.1, 0.15) is 12.0 Å². The number of anilines is 1. The Morgan fingerprint density at radius 1 is 1.00 bits per heavy atom. The smallest absolute Gasteiger partial charge is 0.219 e. The lowest BCUT2D eigenvalue weighted by Crippen LogP contribution is -2.27. The maximum Gasteiger partial charge on any atom is 0.219 e. The molecule has 0 radical (unpaired) electrons. The molecule has 4 nitrogen and oxygen atoms in total. The van der Waals surface area contributed by atoms with Crippen LogP contribution in [0.4, 0.5) is 5.69 Å². The average molecular weight is 334 g/mol. The van der Waals surface area contributed by atoms with E-state index in [-0.39, 0.29) is 5.91 Å². The third-order valence-corrected chi connectivity index (χ3v) is 4.31. The molecule has 3 rings (SSSR count). The van der Waals surface area contributed by atoms with E-state index in [0.717, 1.165) is 11.4 Å². The minimum absolute atomic E-state index is 0.295. The van der Waals surface area contributed by atoms with Crippen LogP contribution in [0.2, 0.25) is 0 Å². The van der Waals surface area contributed by atoms with Crippen molar-refractivity contribution in [2.45, 2.75) is 13.0 Å². The average Bonchev–Trinajstić information content (AvgIpc) is 2.65. The molecule has 0 bridgehead atoms. The van der Waals surface area contributed by atoms with Crippen LogP contribution in [0.3, 0.4) is 0 Å². The summed E-state index contributed by atoms with van der Waals surface area (Å²) in [5, 5.41) is 2.44.